The summed E-state index contributed by atoms with van der Waals surface area (Å²) in [6.45, 7) is 3.21. The van der Waals surface area contributed by atoms with Crippen LogP contribution in [-0.4, -0.2) is 32.8 Å². The molecule has 1 saturated heterocycles. The Morgan fingerprint density at radius 3 is 3.25 bits per heavy atom. The number of aliphatic imine (C=N–C) groups is 1. The van der Waals surface area contributed by atoms with E-state index in [1.54, 1.807) is 0 Å². The zero-order valence-corrected chi connectivity index (χ0v) is 13.2. The molecule has 0 aromatic carbocycles. The second-order valence-electron chi connectivity index (χ2n) is 6.31. The first-order valence-corrected chi connectivity index (χ1v) is 8.58. The Hall–Kier alpha value is -0.970. The molecular weight excluding hydrogens is 268 g/mol. The van der Waals surface area contributed by atoms with Crippen molar-refractivity contribution < 1.29 is 0 Å². The van der Waals surface area contributed by atoms with E-state index in [0.717, 1.165) is 29.7 Å². The number of amidine groups is 1. The lowest BCUT2D eigenvalue weighted by molar-refractivity contribution is 0.242. The molecule has 110 valence electrons. The number of thioether (sulfide) groups is 1. The van der Waals surface area contributed by atoms with Crippen molar-refractivity contribution in [3.8, 4) is 0 Å². The first-order valence-electron chi connectivity index (χ1n) is 7.59. The van der Waals surface area contributed by atoms with Crippen molar-refractivity contribution in [2.75, 3.05) is 12.3 Å². The first kappa shape index (κ1) is 14.0. The summed E-state index contributed by atoms with van der Waals surface area (Å²) in [5.41, 5.74) is 1.47. The zero-order valence-electron chi connectivity index (χ0n) is 12.4. The third-order valence-corrected chi connectivity index (χ3v) is 5.54. The summed E-state index contributed by atoms with van der Waals surface area (Å²) in [6.07, 6.45) is 8.28. The molecule has 3 rings (SSSR count). The Kier molecular flexibility index (Phi) is 4.06. The van der Waals surface area contributed by atoms with Gasteiger partial charge >= 0.3 is 0 Å². The van der Waals surface area contributed by atoms with Gasteiger partial charge in [0.25, 0.3) is 0 Å². The maximum Gasteiger partial charge on any atom is 0.157 e. The molecule has 1 spiro atoms. The van der Waals surface area contributed by atoms with Gasteiger partial charge in [-0.1, -0.05) is 31.5 Å². The molecule has 0 radical (unpaired) electrons. The molecule has 5 heteroatoms. The van der Waals surface area contributed by atoms with Crippen molar-refractivity contribution in [2.24, 2.45) is 18.0 Å². The normalized spacial score (nSPS) is 31.9. The highest BCUT2D eigenvalue weighted by atomic mass is 32.2. The van der Waals surface area contributed by atoms with E-state index in [1.165, 1.54) is 31.4 Å². The van der Waals surface area contributed by atoms with Crippen molar-refractivity contribution in [2.45, 2.75) is 44.6 Å². The smallest absolute Gasteiger partial charge is 0.157 e. The summed E-state index contributed by atoms with van der Waals surface area (Å²) in [7, 11) is 1.96. The van der Waals surface area contributed by atoms with Gasteiger partial charge in [-0.05, 0) is 24.8 Å². The van der Waals surface area contributed by atoms with Crippen LogP contribution < -0.4 is 5.32 Å². The summed E-state index contributed by atoms with van der Waals surface area (Å²) in [5.74, 6) is 2.05. The van der Waals surface area contributed by atoms with Crippen LogP contribution in [0.5, 0.6) is 0 Å². The summed E-state index contributed by atoms with van der Waals surface area (Å²) in [4.78, 5) is 4.72. The van der Waals surface area contributed by atoms with Crippen molar-refractivity contribution in [1.82, 2.24) is 15.1 Å². The third-order valence-electron chi connectivity index (χ3n) is 4.34. The van der Waals surface area contributed by atoms with E-state index in [2.05, 4.69) is 23.4 Å². The van der Waals surface area contributed by atoms with Gasteiger partial charge in [-0.3, -0.25) is 9.67 Å². The summed E-state index contributed by atoms with van der Waals surface area (Å²) in [6, 6.07) is 2.07. The van der Waals surface area contributed by atoms with Crippen LogP contribution in [-0.2, 0) is 13.5 Å². The van der Waals surface area contributed by atoms with Gasteiger partial charge in [0.05, 0.1) is 5.69 Å². The summed E-state index contributed by atoms with van der Waals surface area (Å²) < 4.78 is 1.85. The maximum absolute atomic E-state index is 4.72. The lowest BCUT2D eigenvalue weighted by Crippen LogP contribution is -2.47. The number of aryl methyl sites for hydroxylation is 1. The fraction of sp³-hybridized carbons (Fsp3) is 0.733. The standard InChI is InChI=1S/C15H24N4S/c1-12-4-3-7-15(10-12)11-20-14(17-15)16-8-5-13-6-9-19(2)18-13/h6,9,12H,3-5,7-8,10-11H2,1-2H3,(H,16,17). The monoisotopic (exact) mass is 292 g/mol. The molecule has 2 aliphatic rings. The van der Waals surface area contributed by atoms with Crippen LogP contribution in [0.1, 0.15) is 38.3 Å². The van der Waals surface area contributed by atoms with Gasteiger partial charge in [0.1, 0.15) is 0 Å². The molecule has 20 heavy (non-hydrogen) atoms. The topological polar surface area (TPSA) is 42.2 Å². The SMILES string of the molecule is CC1CCCC2(CSC(=NCCc3ccn(C)n3)N2)C1. The Balaban J connectivity index is 1.52. The molecule has 4 nitrogen and oxygen atoms in total. The molecule has 2 fully saturated rings. The van der Waals surface area contributed by atoms with Crippen LogP contribution >= 0.6 is 11.8 Å². The van der Waals surface area contributed by atoms with Crippen LogP contribution in [0.3, 0.4) is 0 Å². The minimum Gasteiger partial charge on any atom is -0.359 e. The predicted molar refractivity (Wildman–Crippen MR) is 85.2 cm³/mol. The second-order valence-corrected chi connectivity index (χ2v) is 7.28. The first-order chi connectivity index (χ1) is 9.65. The fourth-order valence-electron chi connectivity index (χ4n) is 3.36. The molecule has 2 unspecified atom stereocenters. The molecule has 0 amide bonds. The van der Waals surface area contributed by atoms with Gasteiger partial charge in [0.15, 0.2) is 5.17 Å². The van der Waals surface area contributed by atoms with Crippen LogP contribution in [0, 0.1) is 5.92 Å². The van der Waals surface area contributed by atoms with E-state index in [1.807, 2.05) is 29.7 Å². The minimum absolute atomic E-state index is 0.339. The van der Waals surface area contributed by atoms with Crippen LogP contribution in [0.15, 0.2) is 17.3 Å². The Morgan fingerprint density at radius 1 is 1.60 bits per heavy atom. The zero-order chi connectivity index (χ0) is 14.0. The molecule has 1 aromatic rings. The van der Waals surface area contributed by atoms with E-state index >= 15 is 0 Å². The maximum atomic E-state index is 4.72. The van der Waals surface area contributed by atoms with Crippen LogP contribution in [0.2, 0.25) is 0 Å². The molecule has 1 aliphatic carbocycles. The van der Waals surface area contributed by atoms with Crippen molar-refractivity contribution >= 4 is 16.9 Å². The Morgan fingerprint density at radius 2 is 2.50 bits per heavy atom. The van der Waals surface area contributed by atoms with E-state index < -0.39 is 0 Å². The highest BCUT2D eigenvalue weighted by Gasteiger charge is 2.40. The van der Waals surface area contributed by atoms with Crippen LogP contribution in [0.25, 0.3) is 0 Å². The van der Waals surface area contributed by atoms with Crippen molar-refractivity contribution in [1.29, 1.82) is 0 Å². The number of nitrogens with zero attached hydrogens (tertiary/aromatic N) is 3. The highest BCUT2D eigenvalue weighted by Crippen LogP contribution is 2.38. The highest BCUT2D eigenvalue weighted by molar-refractivity contribution is 8.14. The summed E-state index contributed by atoms with van der Waals surface area (Å²) in [5, 5.41) is 9.25. The summed E-state index contributed by atoms with van der Waals surface area (Å²) >= 11 is 1.90. The van der Waals surface area contributed by atoms with E-state index in [9.17, 15) is 0 Å². The number of aromatic nitrogens is 2. The Labute approximate surface area is 125 Å². The van der Waals surface area contributed by atoms with Gasteiger partial charge in [-0.2, -0.15) is 5.10 Å². The predicted octanol–water partition coefficient (Wildman–Crippen LogP) is 2.60. The number of hydrogen-bond acceptors (Lipinski definition) is 3. The molecule has 0 bridgehead atoms. The van der Waals surface area contributed by atoms with Crippen molar-refractivity contribution in [3.63, 3.8) is 0 Å². The van der Waals surface area contributed by atoms with E-state index in [4.69, 9.17) is 4.99 Å². The second kappa shape index (κ2) is 5.80. The molecule has 1 aliphatic heterocycles. The molecule has 1 N–H and O–H groups in total. The lowest BCUT2D eigenvalue weighted by atomic mass is 9.78. The molecule has 2 heterocycles. The minimum atomic E-state index is 0.339. The van der Waals surface area contributed by atoms with Gasteiger partial charge in [0.2, 0.25) is 0 Å². The average Bonchev–Trinajstić information content (AvgIpc) is 2.97. The van der Waals surface area contributed by atoms with Crippen LogP contribution in [0.4, 0.5) is 0 Å². The molecule has 1 saturated carbocycles. The van der Waals surface area contributed by atoms with Gasteiger partial charge < -0.3 is 5.32 Å². The average molecular weight is 292 g/mol. The van der Waals surface area contributed by atoms with E-state index in [0.29, 0.717) is 5.54 Å². The largest absolute Gasteiger partial charge is 0.359 e. The van der Waals surface area contributed by atoms with Gasteiger partial charge in [-0.25, -0.2) is 0 Å². The molecule has 1 aromatic heterocycles. The molecular formula is C15H24N4S. The van der Waals surface area contributed by atoms with Gasteiger partial charge in [0, 0.05) is 37.5 Å². The lowest BCUT2D eigenvalue weighted by Gasteiger charge is -2.36. The number of hydrogen-bond donors (Lipinski definition) is 1. The van der Waals surface area contributed by atoms with E-state index in [-0.39, 0.29) is 0 Å². The third kappa shape index (κ3) is 3.19. The van der Waals surface area contributed by atoms with Gasteiger partial charge in [-0.15, -0.1) is 0 Å². The molecule has 2 atom stereocenters. The number of nitrogens with one attached hydrogen (secondary N) is 1. The van der Waals surface area contributed by atoms with Crippen molar-refractivity contribution in [3.05, 3.63) is 18.0 Å². The fourth-order valence-corrected chi connectivity index (χ4v) is 4.58. The Bertz CT molecular complexity index is 496. The number of rotatable bonds is 3. The quantitative estimate of drug-likeness (QED) is 0.931.